The average molecular weight is 559 g/mol. The van der Waals surface area contributed by atoms with Crippen molar-refractivity contribution in [3.63, 3.8) is 0 Å². The first-order valence-corrected chi connectivity index (χ1v) is 14.4. The van der Waals surface area contributed by atoms with E-state index in [9.17, 15) is 9.59 Å². The van der Waals surface area contributed by atoms with Crippen LogP contribution in [0.3, 0.4) is 0 Å². The van der Waals surface area contributed by atoms with E-state index in [-0.39, 0.29) is 24.5 Å². The number of amidine groups is 1. The number of fused-ring (bicyclic) bond motifs is 3. The Balaban J connectivity index is 1.08. The summed E-state index contributed by atoms with van der Waals surface area (Å²) >= 11 is 1.53. The predicted octanol–water partition coefficient (Wildman–Crippen LogP) is 4.61. The minimum absolute atomic E-state index is 0.0299. The van der Waals surface area contributed by atoms with Crippen LogP contribution in [0.5, 0.6) is 0 Å². The molecule has 1 heterocycles. The average Bonchev–Trinajstić information content (AvgIpc) is 3.32. The number of hydrogen-bond acceptors (Lipinski definition) is 8. The van der Waals surface area contributed by atoms with Crippen LogP contribution in [0.1, 0.15) is 29.5 Å². The molecule has 0 saturated carbocycles. The number of hydrogen-bond donors (Lipinski definition) is 2. The summed E-state index contributed by atoms with van der Waals surface area (Å²) < 4.78 is 10.7. The molecule has 1 aliphatic heterocycles. The molecule has 40 heavy (non-hydrogen) atoms. The number of benzene rings is 3. The van der Waals surface area contributed by atoms with Crippen LogP contribution in [0.15, 0.2) is 83.9 Å². The molecule has 1 amide bonds. The van der Waals surface area contributed by atoms with Gasteiger partial charge >= 0.3 is 12.1 Å². The van der Waals surface area contributed by atoms with Gasteiger partial charge in [-0.25, -0.2) is 9.79 Å². The molecule has 2 atom stereocenters. The minimum Gasteiger partial charge on any atom is -0.468 e. The van der Waals surface area contributed by atoms with Crippen molar-refractivity contribution < 1.29 is 19.1 Å². The maximum Gasteiger partial charge on any atom is 0.407 e. The molecule has 0 spiro atoms. The number of methoxy groups -OCH3 is 1. The molecule has 2 aliphatic rings. The van der Waals surface area contributed by atoms with Gasteiger partial charge in [0.05, 0.1) is 20.4 Å². The number of alkyl carbamates (subject to hydrolysis) is 1. The van der Waals surface area contributed by atoms with Crippen molar-refractivity contribution in [2.75, 3.05) is 32.8 Å². The highest BCUT2D eigenvalue weighted by Crippen LogP contribution is 2.44. The van der Waals surface area contributed by atoms with Crippen LogP contribution in [0.4, 0.5) is 4.79 Å². The van der Waals surface area contributed by atoms with Crippen molar-refractivity contribution >= 4 is 29.0 Å². The number of nitrogens with one attached hydrogen (secondary N) is 2. The van der Waals surface area contributed by atoms with Crippen LogP contribution in [-0.4, -0.2) is 67.0 Å². The molecule has 0 radical (unpaired) electrons. The van der Waals surface area contributed by atoms with Gasteiger partial charge in [0.2, 0.25) is 0 Å². The van der Waals surface area contributed by atoms with Gasteiger partial charge in [0.15, 0.2) is 5.17 Å². The fourth-order valence-corrected chi connectivity index (χ4v) is 5.96. The molecular formula is C31H34N4O4S. The van der Waals surface area contributed by atoms with Gasteiger partial charge < -0.3 is 20.1 Å². The first-order valence-electron chi connectivity index (χ1n) is 13.4. The molecule has 9 heteroatoms. The summed E-state index contributed by atoms with van der Waals surface area (Å²) in [6, 6.07) is 25.9. The molecule has 0 saturated heterocycles. The van der Waals surface area contributed by atoms with E-state index in [0.717, 1.165) is 10.7 Å². The van der Waals surface area contributed by atoms with Crippen molar-refractivity contribution in [1.29, 1.82) is 0 Å². The van der Waals surface area contributed by atoms with Gasteiger partial charge in [-0.05, 0) is 41.2 Å². The van der Waals surface area contributed by atoms with Gasteiger partial charge in [-0.1, -0.05) is 90.6 Å². The van der Waals surface area contributed by atoms with E-state index in [1.165, 1.54) is 41.1 Å². The lowest BCUT2D eigenvalue weighted by Gasteiger charge is -2.32. The van der Waals surface area contributed by atoms with Crippen LogP contribution in [0.2, 0.25) is 0 Å². The molecule has 3 aromatic rings. The summed E-state index contributed by atoms with van der Waals surface area (Å²) in [6.45, 7) is 3.09. The van der Waals surface area contributed by atoms with Crippen LogP contribution in [0.25, 0.3) is 11.1 Å². The van der Waals surface area contributed by atoms with Crippen molar-refractivity contribution in [3.05, 3.63) is 95.6 Å². The second-order valence-electron chi connectivity index (χ2n) is 9.94. The maximum absolute atomic E-state index is 12.6. The van der Waals surface area contributed by atoms with E-state index >= 15 is 0 Å². The molecule has 208 valence electrons. The fraction of sp³-hybridized carbons (Fsp3) is 0.323. The second-order valence-corrected chi connectivity index (χ2v) is 10.9. The van der Waals surface area contributed by atoms with E-state index in [0.29, 0.717) is 25.5 Å². The normalized spacial score (nSPS) is 16.1. The highest BCUT2D eigenvalue weighted by molar-refractivity contribution is 8.13. The summed E-state index contributed by atoms with van der Waals surface area (Å²) in [7, 11) is 1.41. The Kier molecular flexibility index (Phi) is 9.03. The van der Waals surface area contributed by atoms with Crippen molar-refractivity contribution in [2.24, 2.45) is 4.99 Å². The highest BCUT2D eigenvalue weighted by atomic mass is 32.2. The lowest BCUT2D eigenvalue weighted by Crippen LogP contribution is -2.51. The molecule has 0 aromatic heterocycles. The van der Waals surface area contributed by atoms with E-state index in [1.54, 1.807) is 0 Å². The summed E-state index contributed by atoms with van der Waals surface area (Å²) in [5.74, 6) is 0.376. The van der Waals surface area contributed by atoms with Crippen molar-refractivity contribution in [3.8, 4) is 11.1 Å². The summed E-state index contributed by atoms with van der Waals surface area (Å²) in [4.78, 5) is 31.7. The number of ether oxygens (including phenoxy) is 2. The van der Waals surface area contributed by atoms with E-state index in [1.807, 2.05) is 66.4 Å². The Morgan fingerprint density at radius 3 is 2.30 bits per heavy atom. The van der Waals surface area contributed by atoms with Gasteiger partial charge in [0.25, 0.3) is 0 Å². The van der Waals surface area contributed by atoms with Gasteiger partial charge in [0, 0.05) is 17.7 Å². The minimum atomic E-state index is -0.429. The summed E-state index contributed by atoms with van der Waals surface area (Å²) in [5.41, 5.74) is 5.85. The first-order chi connectivity index (χ1) is 19.5. The van der Waals surface area contributed by atoms with Gasteiger partial charge in [0.1, 0.15) is 12.6 Å². The topological polar surface area (TPSA) is 92.3 Å². The third-order valence-electron chi connectivity index (χ3n) is 7.19. The van der Waals surface area contributed by atoms with Gasteiger partial charge in [-0.15, -0.1) is 0 Å². The van der Waals surface area contributed by atoms with Crippen LogP contribution < -0.4 is 10.6 Å². The third-order valence-corrected chi connectivity index (χ3v) is 8.41. The quantitative estimate of drug-likeness (QED) is 0.371. The second kappa shape index (κ2) is 13.0. The number of carbonyl (C=O) groups excluding carboxylic acids is 2. The number of rotatable bonds is 9. The number of esters is 1. The zero-order valence-electron chi connectivity index (χ0n) is 22.7. The molecule has 3 aromatic carbocycles. The number of aliphatic imine (C=N–C) groups is 1. The van der Waals surface area contributed by atoms with E-state index in [2.05, 4.69) is 39.9 Å². The molecule has 0 fully saturated rings. The highest BCUT2D eigenvalue weighted by Gasteiger charge is 2.30. The first kappa shape index (κ1) is 27.7. The summed E-state index contributed by atoms with van der Waals surface area (Å²) in [5, 5.41) is 7.00. The molecule has 0 bridgehead atoms. The van der Waals surface area contributed by atoms with Crippen molar-refractivity contribution in [1.82, 2.24) is 15.5 Å². The lowest BCUT2D eigenvalue weighted by atomic mass is 9.98. The largest absolute Gasteiger partial charge is 0.468 e. The molecule has 8 nitrogen and oxygen atoms in total. The Labute approximate surface area is 239 Å². The Hall–Kier alpha value is -3.82. The zero-order chi connectivity index (χ0) is 27.9. The van der Waals surface area contributed by atoms with Crippen molar-refractivity contribution in [2.45, 2.75) is 31.3 Å². The van der Waals surface area contributed by atoms with Crippen LogP contribution >= 0.6 is 11.8 Å². The molecule has 0 unspecified atom stereocenters. The number of thioether (sulfide) groups is 1. The number of amides is 1. The fourth-order valence-electron chi connectivity index (χ4n) is 5.16. The molecular weight excluding hydrogens is 524 g/mol. The molecule has 5 rings (SSSR count). The number of nitrogens with zero attached hydrogens (tertiary/aromatic N) is 2. The summed E-state index contributed by atoms with van der Waals surface area (Å²) in [6.07, 6.45) is 0.121. The Morgan fingerprint density at radius 2 is 1.68 bits per heavy atom. The molecule has 2 N–H and O–H groups in total. The lowest BCUT2D eigenvalue weighted by molar-refractivity contribution is -0.147. The Morgan fingerprint density at radius 1 is 1.02 bits per heavy atom. The monoisotopic (exact) mass is 558 g/mol. The standard InChI is InChI=1S/C31H34N4O4S/c1-21(34-31(37)39-17-27-25-14-8-6-12-23(25)24-13-7-9-15-26(24)27)18-40-30-32-19-35(20-33-30)28(29(36)38-2)16-22-10-4-3-5-11-22/h3-15,21,27-28H,16-20H2,1-2H3,(H,32,33)(H,34,37)/t21-,28-/m0/s1. The van der Waals surface area contributed by atoms with Gasteiger partial charge in [-0.3, -0.25) is 9.69 Å². The van der Waals surface area contributed by atoms with Crippen LogP contribution in [-0.2, 0) is 20.7 Å². The zero-order valence-corrected chi connectivity index (χ0v) is 23.5. The number of carbonyl (C=O) groups is 2. The van der Waals surface area contributed by atoms with E-state index < -0.39 is 12.1 Å². The Bertz CT molecular complexity index is 1320. The smallest absolute Gasteiger partial charge is 0.407 e. The third kappa shape index (κ3) is 6.48. The predicted molar refractivity (Wildman–Crippen MR) is 158 cm³/mol. The maximum atomic E-state index is 12.6. The van der Waals surface area contributed by atoms with E-state index in [4.69, 9.17) is 9.47 Å². The van der Waals surface area contributed by atoms with Crippen LogP contribution in [0, 0.1) is 0 Å². The van der Waals surface area contributed by atoms with Gasteiger partial charge in [-0.2, -0.15) is 0 Å². The molecule has 1 aliphatic carbocycles. The SMILES string of the molecule is COC(=O)[C@H](Cc1ccccc1)N1CN=C(SC[C@H](C)NC(=O)OCC2c3ccccc3-c3ccccc32)NC1.